The quantitative estimate of drug-likeness (QED) is 0.476. The highest BCUT2D eigenvalue weighted by Crippen LogP contribution is 2.25. The lowest BCUT2D eigenvalue weighted by atomic mass is 9.86. The average molecular weight is 361 g/mol. The minimum absolute atomic E-state index is 0.322. The first-order chi connectivity index (χ1) is 12.6. The molecule has 2 aliphatic rings. The van der Waals surface area contributed by atoms with Crippen molar-refractivity contribution in [1.29, 1.82) is 0 Å². The normalized spacial score (nSPS) is 27.2. The van der Waals surface area contributed by atoms with Gasteiger partial charge in [0.25, 0.3) is 0 Å². The molecular weight excluding hydrogens is 324 g/mol. The molecule has 0 heterocycles. The molecule has 146 valence electrons. The van der Waals surface area contributed by atoms with Gasteiger partial charge in [-0.15, -0.1) is 0 Å². The van der Waals surface area contributed by atoms with Crippen LogP contribution in [-0.2, 0) is 9.59 Å². The van der Waals surface area contributed by atoms with Crippen molar-refractivity contribution < 1.29 is 9.59 Å². The lowest BCUT2D eigenvalue weighted by molar-refractivity contribution is -0.118. The monoisotopic (exact) mass is 360 g/mol. The van der Waals surface area contributed by atoms with Gasteiger partial charge in [-0.2, -0.15) is 0 Å². The second-order valence-electron chi connectivity index (χ2n) is 8.20. The highest BCUT2D eigenvalue weighted by molar-refractivity contribution is 5.96. The standard InChI is InChI=1S/C22H36N2O2/c1-17-7-9-19(21(25)13-17)15-23-11-5-3-4-6-12-24-16-20-10-8-18(2)14-22(20)26/h15-18,23-24H,3-14H2,1-2H3/b19-15+,20-16+. The van der Waals surface area contributed by atoms with Crippen LogP contribution in [0.2, 0.25) is 0 Å². The maximum Gasteiger partial charge on any atom is 0.160 e. The summed E-state index contributed by atoms with van der Waals surface area (Å²) in [6, 6.07) is 0. The van der Waals surface area contributed by atoms with Gasteiger partial charge < -0.3 is 10.6 Å². The van der Waals surface area contributed by atoms with E-state index < -0.39 is 0 Å². The molecule has 0 saturated heterocycles. The average Bonchev–Trinajstić information content (AvgIpc) is 2.59. The Hall–Kier alpha value is -1.58. The van der Waals surface area contributed by atoms with Crippen LogP contribution in [0.3, 0.4) is 0 Å². The van der Waals surface area contributed by atoms with Crippen molar-refractivity contribution in [1.82, 2.24) is 10.6 Å². The first-order valence-electron chi connectivity index (χ1n) is 10.5. The lowest BCUT2D eigenvalue weighted by Crippen LogP contribution is -2.19. The molecular formula is C22H36N2O2. The summed E-state index contributed by atoms with van der Waals surface area (Å²) in [6.07, 6.45) is 14.1. The fourth-order valence-electron chi connectivity index (χ4n) is 3.69. The van der Waals surface area contributed by atoms with E-state index in [1.165, 1.54) is 12.8 Å². The largest absolute Gasteiger partial charge is 0.391 e. The van der Waals surface area contributed by atoms with E-state index in [-0.39, 0.29) is 0 Å². The number of Topliss-reactive ketones (excluding diaryl/α,β-unsaturated/α-hetero) is 2. The summed E-state index contributed by atoms with van der Waals surface area (Å²) in [5, 5.41) is 6.62. The second kappa shape index (κ2) is 11.2. The third-order valence-electron chi connectivity index (χ3n) is 5.54. The molecule has 2 unspecified atom stereocenters. The van der Waals surface area contributed by atoms with E-state index in [9.17, 15) is 9.59 Å². The lowest BCUT2D eigenvalue weighted by Gasteiger charge is -2.19. The Bertz CT molecular complexity index is 488. The molecule has 26 heavy (non-hydrogen) atoms. The Labute approximate surface area is 158 Å². The van der Waals surface area contributed by atoms with Crippen LogP contribution in [0.1, 0.15) is 78.1 Å². The van der Waals surface area contributed by atoms with Crippen LogP contribution in [0.25, 0.3) is 0 Å². The van der Waals surface area contributed by atoms with E-state index in [1.807, 2.05) is 12.4 Å². The molecule has 2 saturated carbocycles. The van der Waals surface area contributed by atoms with Crippen LogP contribution in [0.5, 0.6) is 0 Å². The summed E-state index contributed by atoms with van der Waals surface area (Å²) < 4.78 is 0. The minimum atomic E-state index is 0.322. The number of hydrogen-bond acceptors (Lipinski definition) is 4. The topological polar surface area (TPSA) is 58.2 Å². The van der Waals surface area contributed by atoms with Crippen molar-refractivity contribution in [3.05, 3.63) is 23.5 Å². The van der Waals surface area contributed by atoms with Crippen LogP contribution in [0, 0.1) is 11.8 Å². The first-order valence-corrected chi connectivity index (χ1v) is 10.5. The Balaban J connectivity index is 1.46. The molecule has 0 aromatic heterocycles. The molecule has 0 spiro atoms. The number of carbonyl (C=O) groups excluding carboxylic acids is 2. The van der Waals surface area contributed by atoms with Gasteiger partial charge in [-0.3, -0.25) is 9.59 Å². The number of rotatable bonds is 9. The molecule has 0 bridgehead atoms. The number of nitrogens with one attached hydrogen (secondary N) is 2. The number of unbranched alkanes of at least 4 members (excludes halogenated alkanes) is 3. The van der Waals surface area contributed by atoms with Crippen molar-refractivity contribution in [2.45, 2.75) is 78.1 Å². The van der Waals surface area contributed by atoms with Crippen molar-refractivity contribution in [3.8, 4) is 0 Å². The highest BCUT2D eigenvalue weighted by Gasteiger charge is 2.20. The minimum Gasteiger partial charge on any atom is -0.391 e. The molecule has 0 aromatic carbocycles. The van der Waals surface area contributed by atoms with E-state index in [2.05, 4.69) is 24.5 Å². The van der Waals surface area contributed by atoms with Crippen LogP contribution >= 0.6 is 0 Å². The van der Waals surface area contributed by atoms with Gasteiger partial charge in [-0.1, -0.05) is 26.7 Å². The number of carbonyl (C=O) groups is 2. The van der Waals surface area contributed by atoms with E-state index in [0.717, 1.165) is 62.8 Å². The van der Waals surface area contributed by atoms with Crippen molar-refractivity contribution in [2.75, 3.05) is 13.1 Å². The zero-order chi connectivity index (χ0) is 18.8. The Morgan fingerprint density at radius 3 is 1.58 bits per heavy atom. The van der Waals surface area contributed by atoms with Crippen molar-refractivity contribution >= 4 is 11.6 Å². The van der Waals surface area contributed by atoms with Gasteiger partial charge in [0.2, 0.25) is 0 Å². The van der Waals surface area contributed by atoms with E-state index in [4.69, 9.17) is 0 Å². The molecule has 2 atom stereocenters. The molecule has 2 N–H and O–H groups in total. The van der Waals surface area contributed by atoms with Crippen LogP contribution < -0.4 is 10.6 Å². The van der Waals surface area contributed by atoms with E-state index in [0.29, 0.717) is 36.2 Å². The maximum absolute atomic E-state index is 11.9. The summed E-state index contributed by atoms with van der Waals surface area (Å²) >= 11 is 0. The first kappa shape index (κ1) is 20.7. The van der Waals surface area contributed by atoms with Crippen LogP contribution in [-0.4, -0.2) is 24.7 Å². The molecule has 4 nitrogen and oxygen atoms in total. The molecule has 0 aliphatic heterocycles. The van der Waals surface area contributed by atoms with E-state index in [1.54, 1.807) is 0 Å². The van der Waals surface area contributed by atoms with Crippen molar-refractivity contribution in [3.63, 3.8) is 0 Å². The van der Waals surface area contributed by atoms with Gasteiger partial charge >= 0.3 is 0 Å². The molecule has 4 heteroatoms. The fraction of sp³-hybridized carbons (Fsp3) is 0.727. The second-order valence-corrected chi connectivity index (χ2v) is 8.20. The SMILES string of the molecule is CC1CC/C(=C\NCCCCCCN/C=C2\CCC(C)CC2=O)C(=O)C1. The summed E-state index contributed by atoms with van der Waals surface area (Å²) in [5.41, 5.74) is 1.96. The van der Waals surface area contributed by atoms with Gasteiger partial charge in [-0.25, -0.2) is 0 Å². The highest BCUT2D eigenvalue weighted by atomic mass is 16.1. The predicted molar refractivity (Wildman–Crippen MR) is 107 cm³/mol. The Morgan fingerprint density at radius 2 is 1.19 bits per heavy atom. The van der Waals surface area contributed by atoms with Crippen molar-refractivity contribution in [2.24, 2.45) is 11.8 Å². The summed E-state index contributed by atoms with van der Waals surface area (Å²) in [6.45, 7) is 6.19. The van der Waals surface area contributed by atoms with Gasteiger partial charge in [0.1, 0.15) is 0 Å². The maximum atomic E-state index is 11.9. The smallest absolute Gasteiger partial charge is 0.160 e. The molecule has 2 aliphatic carbocycles. The summed E-state index contributed by atoms with van der Waals surface area (Å²) in [4.78, 5) is 23.8. The summed E-state index contributed by atoms with van der Waals surface area (Å²) in [5.74, 6) is 1.73. The van der Waals surface area contributed by atoms with Gasteiger partial charge in [-0.05, 0) is 50.4 Å². The zero-order valence-electron chi connectivity index (χ0n) is 16.6. The number of allylic oxidation sites excluding steroid dienone is 2. The molecule has 0 amide bonds. The summed E-state index contributed by atoms with van der Waals surface area (Å²) in [7, 11) is 0. The Morgan fingerprint density at radius 1 is 0.769 bits per heavy atom. The van der Waals surface area contributed by atoms with Gasteiger partial charge in [0.05, 0.1) is 0 Å². The predicted octanol–water partition coefficient (Wildman–Crippen LogP) is 4.27. The van der Waals surface area contributed by atoms with Crippen LogP contribution in [0.15, 0.2) is 23.5 Å². The van der Waals surface area contributed by atoms with Crippen LogP contribution in [0.4, 0.5) is 0 Å². The van der Waals surface area contributed by atoms with E-state index >= 15 is 0 Å². The third kappa shape index (κ3) is 7.35. The molecule has 2 fully saturated rings. The third-order valence-corrected chi connectivity index (χ3v) is 5.54. The fourth-order valence-corrected chi connectivity index (χ4v) is 3.69. The zero-order valence-corrected chi connectivity index (χ0v) is 16.6. The van der Waals surface area contributed by atoms with Gasteiger partial charge in [0, 0.05) is 49.5 Å². The number of ketones is 2. The van der Waals surface area contributed by atoms with Gasteiger partial charge in [0.15, 0.2) is 11.6 Å². The molecule has 2 rings (SSSR count). The number of hydrogen-bond donors (Lipinski definition) is 2. The Kier molecular flexibility index (Phi) is 8.93. The molecule has 0 aromatic rings. The molecule has 0 radical (unpaired) electrons.